The summed E-state index contributed by atoms with van der Waals surface area (Å²) >= 11 is 0. The molecule has 0 aliphatic carbocycles. The number of aromatic nitrogens is 3. The molecule has 0 unspecified atom stereocenters. The van der Waals surface area contributed by atoms with Gasteiger partial charge in [-0.25, -0.2) is 0 Å². The van der Waals surface area contributed by atoms with Gasteiger partial charge in [0.25, 0.3) is 0 Å². The molecule has 0 spiro atoms. The number of hydrogen-bond donors (Lipinski definition) is 1. The van der Waals surface area contributed by atoms with E-state index in [4.69, 9.17) is 0 Å². The molecule has 0 atom stereocenters. The van der Waals surface area contributed by atoms with Crippen LogP contribution in [0.4, 0.5) is 11.8 Å². The van der Waals surface area contributed by atoms with Crippen molar-refractivity contribution < 1.29 is 0 Å². The molecule has 0 radical (unpaired) electrons. The predicted molar refractivity (Wildman–Crippen MR) is 75.0 cm³/mol. The summed E-state index contributed by atoms with van der Waals surface area (Å²) in [5.74, 6) is 1.49. The smallest absolute Gasteiger partial charge is 0.244 e. The third-order valence-corrected chi connectivity index (χ3v) is 2.70. The van der Waals surface area contributed by atoms with Crippen molar-refractivity contribution in [1.82, 2.24) is 20.1 Å². The second-order valence-corrected chi connectivity index (χ2v) is 4.39. The largest absolute Gasteiger partial charge is 0.356 e. The van der Waals surface area contributed by atoms with E-state index in [1.807, 2.05) is 0 Å². The van der Waals surface area contributed by atoms with Gasteiger partial charge in [0.1, 0.15) is 0 Å². The summed E-state index contributed by atoms with van der Waals surface area (Å²) < 4.78 is 0. The molecule has 1 aromatic heterocycles. The maximum absolute atomic E-state index is 4.46. The van der Waals surface area contributed by atoms with Gasteiger partial charge in [-0.05, 0) is 40.9 Å². The van der Waals surface area contributed by atoms with Crippen molar-refractivity contribution in [3.8, 4) is 0 Å². The Labute approximate surface area is 109 Å². The summed E-state index contributed by atoms with van der Waals surface area (Å²) in [6.45, 7) is 7.98. The van der Waals surface area contributed by atoms with Crippen molar-refractivity contribution in [3.63, 3.8) is 0 Å². The molecule has 0 aliphatic rings. The third-order valence-electron chi connectivity index (χ3n) is 2.70. The predicted octanol–water partition coefficient (Wildman–Crippen LogP) is 1.08. The van der Waals surface area contributed by atoms with Crippen LogP contribution in [0, 0.1) is 0 Å². The Morgan fingerprint density at radius 3 is 2.56 bits per heavy atom. The number of anilines is 2. The Morgan fingerprint density at radius 1 is 1.22 bits per heavy atom. The zero-order chi connectivity index (χ0) is 13.4. The van der Waals surface area contributed by atoms with Gasteiger partial charge < -0.3 is 15.1 Å². The van der Waals surface area contributed by atoms with Crippen molar-refractivity contribution in [2.75, 3.05) is 50.5 Å². The first-order valence-electron chi connectivity index (χ1n) is 6.50. The van der Waals surface area contributed by atoms with E-state index in [1.54, 1.807) is 6.20 Å². The monoisotopic (exact) mass is 252 g/mol. The third kappa shape index (κ3) is 4.83. The van der Waals surface area contributed by atoms with Crippen molar-refractivity contribution in [3.05, 3.63) is 6.20 Å². The molecular weight excluding hydrogens is 228 g/mol. The molecule has 18 heavy (non-hydrogen) atoms. The molecule has 0 saturated carbocycles. The fraction of sp³-hybridized carbons (Fsp3) is 0.750. The maximum atomic E-state index is 4.46. The van der Waals surface area contributed by atoms with Crippen LogP contribution in [0.2, 0.25) is 0 Å². The van der Waals surface area contributed by atoms with Gasteiger partial charge in [0, 0.05) is 19.6 Å². The van der Waals surface area contributed by atoms with Crippen molar-refractivity contribution in [2.45, 2.75) is 20.3 Å². The summed E-state index contributed by atoms with van der Waals surface area (Å²) in [7, 11) is 4.14. The zero-order valence-electron chi connectivity index (χ0n) is 11.8. The topological polar surface area (TPSA) is 57.2 Å². The van der Waals surface area contributed by atoms with E-state index in [-0.39, 0.29) is 0 Å². The van der Waals surface area contributed by atoms with Crippen LogP contribution in [0.5, 0.6) is 0 Å². The first-order chi connectivity index (χ1) is 8.67. The van der Waals surface area contributed by atoms with Crippen LogP contribution in [0.1, 0.15) is 20.3 Å². The molecule has 0 fully saturated rings. The number of rotatable bonds is 8. The summed E-state index contributed by atoms with van der Waals surface area (Å²) in [6, 6.07) is 0. The average molecular weight is 252 g/mol. The van der Waals surface area contributed by atoms with Crippen molar-refractivity contribution >= 4 is 11.8 Å². The fourth-order valence-electron chi connectivity index (χ4n) is 1.67. The van der Waals surface area contributed by atoms with E-state index >= 15 is 0 Å². The van der Waals surface area contributed by atoms with Crippen molar-refractivity contribution in [2.24, 2.45) is 0 Å². The van der Waals surface area contributed by atoms with Gasteiger partial charge in [0.05, 0.1) is 6.20 Å². The van der Waals surface area contributed by atoms with Gasteiger partial charge >= 0.3 is 0 Å². The molecule has 1 rings (SSSR count). The summed E-state index contributed by atoms with van der Waals surface area (Å²) in [4.78, 5) is 8.77. The molecule has 1 N–H and O–H groups in total. The number of nitrogens with zero attached hydrogens (tertiary/aromatic N) is 5. The highest BCUT2D eigenvalue weighted by Crippen LogP contribution is 2.09. The first kappa shape index (κ1) is 14.6. The summed E-state index contributed by atoms with van der Waals surface area (Å²) in [5.41, 5.74) is 0. The molecule has 0 saturated heterocycles. The quantitative estimate of drug-likeness (QED) is 0.699. The molecule has 6 heteroatoms. The normalized spacial score (nSPS) is 10.7. The van der Waals surface area contributed by atoms with Crippen LogP contribution in [0.15, 0.2) is 6.20 Å². The minimum atomic E-state index is 0.609. The molecule has 0 amide bonds. The van der Waals surface area contributed by atoms with Gasteiger partial charge in [-0.3, -0.25) is 0 Å². The van der Waals surface area contributed by atoms with Crippen molar-refractivity contribution in [1.29, 1.82) is 0 Å². The second kappa shape index (κ2) is 7.81. The van der Waals surface area contributed by atoms with Crippen LogP contribution < -0.4 is 10.2 Å². The van der Waals surface area contributed by atoms with Crippen LogP contribution in [-0.4, -0.2) is 60.4 Å². The molecular formula is C12H24N6. The highest BCUT2D eigenvalue weighted by molar-refractivity contribution is 5.39. The summed E-state index contributed by atoms with van der Waals surface area (Å²) in [6.07, 6.45) is 2.77. The Bertz CT molecular complexity index is 337. The Kier molecular flexibility index (Phi) is 6.35. The van der Waals surface area contributed by atoms with Gasteiger partial charge in [0.2, 0.25) is 5.95 Å². The highest BCUT2D eigenvalue weighted by Gasteiger charge is 2.05. The molecule has 102 valence electrons. The lowest BCUT2D eigenvalue weighted by atomic mass is 10.4. The molecule has 0 bridgehead atoms. The van der Waals surface area contributed by atoms with Crippen LogP contribution in [-0.2, 0) is 0 Å². The maximum Gasteiger partial charge on any atom is 0.244 e. The molecule has 0 aliphatic heterocycles. The lowest BCUT2D eigenvalue weighted by molar-refractivity contribution is 0.405. The summed E-state index contributed by atoms with van der Waals surface area (Å²) in [5, 5.41) is 11.2. The highest BCUT2D eigenvalue weighted by atomic mass is 15.3. The van der Waals surface area contributed by atoms with E-state index < -0.39 is 0 Å². The van der Waals surface area contributed by atoms with Gasteiger partial charge in [-0.2, -0.15) is 10.1 Å². The van der Waals surface area contributed by atoms with E-state index in [2.05, 4.69) is 58.2 Å². The standard InChI is InChI=1S/C12H24N6/c1-5-18(6-2)11-10-14-16-12(15-11)13-8-7-9-17(3)4/h10H,5-9H2,1-4H3,(H,13,15,16). The van der Waals surface area contributed by atoms with Crippen LogP contribution >= 0.6 is 0 Å². The Hall–Kier alpha value is -1.43. The molecule has 0 aromatic carbocycles. The minimum Gasteiger partial charge on any atom is -0.356 e. The SMILES string of the molecule is CCN(CC)c1cnnc(NCCCN(C)C)n1. The fourth-order valence-corrected chi connectivity index (χ4v) is 1.67. The Balaban J connectivity index is 2.49. The first-order valence-corrected chi connectivity index (χ1v) is 6.50. The zero-order valence-corrected chi connectivity index (χ0v) is 11.8. The molecule has 1 aromatic rings. The van der Waals surface area contributed by atoms with E-state index in [0.717, 1.165) is 38.4 Å². The van der Waals surface area contributed by atoms with Gasteiger partial charge in [-0.15, -0.1) is 5.10 Å². The number of nitrogens with one attached hydrogen (secondary N) is 1. The lowest BCUT2D eigenvalue weighted by Gasteiger charge is -2.19. The second-order valence-electron chi connectivity index (χ2n) is 4.39. The van der Waals surface area contributed by atoms with Gasteiger partial charge in [-0.1, -0.05) is 0 Å². The van der Waals surface area contributed by atoms with E-state index in [0.29, 0.717) is 5.95 Å². The lowest BCUT2D eigenvalue weighted by Crippen LogP contribution is -2.24. The Morgan fingerprint density at radius 2 is 1.94 bits per heavy atom. The average Bonchev–Trinajstić information content (AvgIpc) is 2.36. The van der Waals surface area contributed by atoms with Crippen LogP contribution in [0.3, 0.4) is 0 Å². The molecule has 6 nitrogen and oxygen atoms in total. The molecule has 1 heterocycles. The van der Waals surface area contributed by atoms with E-state index in [9.17, 15) is 0 Å². The van der Waals surface area contributed by atoms with E-state index in [1.165, 1.54) is 0 Å². The van der Waals surface area contributed by atoms with Crippen LogP contribution in [0.25, 0.3) is 0 Å². The number of hydrogen-bond acceptors (Lipinski definition) is 6. The van der Waals surface area contributed by atoms with Gasteiger partial charge in [0.15, 0.2) is 5.82 Å². The minimum absolute atomic E-state index is 0.609.